The minimum atomic E-state index is -0.273. The molecule has 3 rings (SSSR count). The Balaban J connectivity index is 0.00000341. The van der Waals surface area contributed by atoms with Crippen LogP contribution in [0, 0.1) is 5.92 Å². The SMILES string of the molecule is CCCCCCC(Cc1ccccc1)C(N)(Cc1ccccc1)Cc1ccccc1.I. The molecule has 0 saturated heterocycles. The van der Waals surface area contributed by atoms with Crippen LogP contribution in [0.1, 0.15) is 55.7 Å². The molecule has 0 aromatic heterocycles. The molecule has 166 valence electrons. The number of benzene rings is 3. The van der Waals surface area contributed by atoms with Crippen molar-refractivity contribution in [2.75, 3.05) is 0 Å². The molecular formula is C29H38IN. The van der Waals surface area contributed by atoms with Gasteiger partial charge in [0.25, 0.3) is 0 Å². The van der Waals surface area contributed by atoms with Gasteiger partial charge in [-0.2, -0.15) is 0 Å². The second-order valence-corrected chi connectivity index (χ2v) is 8.79. The first kappa shape index (κ1) is 25.6. The predicted octanol–water partition coefficient (Wildman–Crippen LogP) is 7.62. The van der Waals surface area contributed by atoms with E-state index >= 15 is 0 Å². The quantitative estimate of drug-likeness (QED) is 0.190. The summed E-state index contributed by atoms with van der Waals surface area (Å²) in [6.45, 7) is 2.28. The highest BCUT2D eigenvalue weighted by Crippen LogP contribution is 2.32. The maximum absolute atomic E-state index is 7.37. The first-order valence-electron chi connectivity index (χ1n) is 11.6. The molecule has 31 heavy (non-hydrogen) atoms. The molecule has 3 aromatic rings. The monoisotopic (exact) mass is 527 g/mol. The molecule has 1 nitrogen and oxygen atoms in total. The summed E-state index contributed by atoms with van der Waals surface area (Å²) in [7, 11) is 0. The van der Waals surface area contributed by atoms with Gasteiger partial charge in [0.2, 0.25) is 0 Å². The highest BCUT2D eigenvalue weighted by molar-refractivity contribution is 14.0. The summed E-state index contributed by atoms with van der Waals surface area (Å²) in [6, 6.07) is 32.5. The average molecular weight is 528 g/mol. The molecule has 0 aliphatic rings. The normalized spacial score (nSPS) is 12.2. The molecule has 0 amide bonds. The molecule has 0 aliphatic heterocycles. The maximum atomic E-state index is 7.37. The van der Waals surface area contributed by atoms with Crippen LogP contribution < -0.4 is 5.73 Å². The van der Waals surface area contributed by atoms with Crippen molar-refractivity contribution >= 4 is 24.0 Å². The van der Waals surface area contributed by atoms with Gasteiger partial charge >= 0.3 is 0 Å². The Labute approximate surface area is 206 Å². The molecule has 1 atom stereocenters. The lowest BCUT2D eigenvalue weighted by atomic mass is 9.71. The molecule has 0 heterocycles. The Morgan fingerprint density at radius 3 is 1.55 bits per heavy atom. The van der Waals surface area contributed by atoms with E-state index in [1.54, 1.807) is 0 Å². The van der Waals surface area contributed by atoms with Gasteiger partial charge in [-0.15, -0.1) is 24.0 Å². The summed E-state index contributed by atoms with van der Waals surface area (Å²) in [5.74, 6) is 0.442. The molecule has 0 radical (unpaired) electrons. The first-order chi connectivity index (χ1) is 14.7. The van der Waals surface area contributed by atoms with Crippen LogP contribution >= 0.6 is 24.0 Å². The van der Waals surface area contributed by atoms with Crippen molar-refractivity contribution in [1.82, 2.24) is 0 Å². The van der Waals surface area contributed by atoms with Crippen molar-refractivity contribution in [3.05, 3.63) is 108 Å². The van der Waals surface area contributed by atoms with Crippen molar-refractivity contribution in [1.29, 1.82) is 0 Å². The van der Waals surface area contributed by atoms with E-state index in [9.17, 15) is 0 Å². The third kappa shape index (κ3) is 8.42. The Bertz CT molecular complexity index is 791. The fourth-order valence-electron chi connectivity index (χ4n) is 4.61. The highest BCUT2D eigenvalue weighted by Gasteiger charge is 2.35. The van der Waals surface area contributed by atoms with Crippen LogP contribution in [0.15, 0.2) is 91.0 Å². The van der Waals surface area contributed by atoms with Crippen LogP contribution in [0.25, 0.3) is 0 Å². The van der Waals surface area contributed by atoms with E-state index in [1.165, 1.54) is 48.8 Å². The van der Waals surface area contributed by atoms with Crippen LogP contribution in [-0.2, 0) is 19.3 Å². The van der Waals surface area contributed by atoms with Crippen LogP contribution in [0.3, 0.4) is 0 Å². The molecule has 1 unspecified atom stereocenters. The number of hydrogen-bond acceptors (Lipinski definition) is 1. The Kier molecular flexibility index (Phi) is 11.3. The van der Waals surface area contributed by atoms with E-state index in [1.807, 2.05) is 0 Å². The van der Waals surface area contributed by atoms with Gasteiger partial charge in [-0.25, -0.2) is 0 Å². The van der Waals surface area contributed by atoms with E-state index < -0.39 is 0 Å². The van der Waals surface area contributed by atoms with E-state index in [2.05, 4.69) is 97.9 Å². The van der Waals surface area contributed by atoms with Gasteiger partial charge in [-0.3, -0.25) is 0 Å². The standard InChI is InChI=1S/C29H37N.HI/c1-2-3-4-14-21-28(22-25-15-8-5-9-16-25)29(30,23-26-17-10-6-11-18-26)24-27-19-12-7-13-20-27;/h5-13,15-20,28H,2-4,14,21-24,30H2,1H3;1H. The molecular weight excluding hydrogens is 489 g/mol. The second kappa shape index (κ2) is 13.7. The van der Waals surface area contributed by atoms with Gasteiger partial charge in [0.05, 0.1) is 0 Å². The van der Waals surface area contributed by atoms with Crippen LogP contribution in [-0.4, -0.2) is 5.54 Å². The smallest absolute Gasteiger partial charge is 0.0267 e. The molecule has 0 bridgehead atoms. The molecule has 0 aliphatic carbocycles. The zero-order chi connectivity index (χ0) is 21.1. The van der Waals surface area contributed by atoms with E-state index in [0.717, 1.165) is 19.3 Å². The van der Waals surface area contributed by atoms with E-state index in [0.29, 0.717) is 5.92 Å². The zero-order valence-electron chi connectivity index (χ0n) is 18.9. The summed E-state index contributed by atoms with van der Waals surface area (Å²) in [5, 5.41) is 0. The summed E-state index contributed by atoms with van der Waals surface area (Å²) in [5.41, 5.74) is 11.2. The number of halogens is 1. The zero-order valence-corrected chi connectivity index (χ0v) is 21.2. The number of rotatable bonds is 12. The molecule has 0 saturated carbocycles. The van der Waals surface area contributed by atoms with Crippen molar-refractivity contribution in [2.45, 2.75) is 63.8 Å². The molecule has 0 spiro atoms. The lowest BCUT2D eigenvalue weighted by Gasteiger charge is -2.39. The lowest BCUT2D eigenvalue weighted by molar-refractivity contribution is 0.241. The van der Waals surface area contributed by atoms with Crippen LogP contribution in [0.2, 0.25) is 0 Å². The fourth-order valence-corrected chi connectivity index (χ4v) is 4.61. The Morgan fingerprint density at radius 1 is 0.645 bits per heavy atom. The second-order valence-electron chi connectivity index (χ2n) is 8.79. The molecule has 0 fully saturated rings. The van der Waals surface area contributed by atoms with Crippen molar-refractivity contribution < 1.29 is 0 Å². The number of hydrogen-bond donors (Lipinski definition) is 1. The van der Waals surface area contributed by atoms with E-state index in [4.69, 9.17) is 5.73 Å². The Hall–Kier alpha value is -1.65. The van der Waals surface area contributed by atoms with Crippen LogP contribution in [0.4, 0.5) is 0 Å². The summed E-state index contributed by atoms with van der Waals surface area (Å²) in [6.07, 6.45) is 9.19. The Morgan fingerprint density at radius 2 is 1.10 bits per heavy atom. The average Bonchev–Trinajstić information content (AvgIpc) is 2.78. The van der Waals surface area contributed by atoms with Gasteiger partial charge in [-0.1, -0.05) is 124 Å². The first-order valence-corrected chi connectivity index (χ1v) is 11.6. The molecule has 2 N–H and O–H groups in total. The fraction of sp³-hybridized carbons (Fsp3) is 0.379. The van der Waals surface area contributed by atoms with Gasteiger partial charge in [0, 0.05) is 5.54 Å². The number of unbranched alkanes of at least 4 members (excludes halogenated alkanes) is 3. The lowest BCUT2D eigenvalue weighted by Crippen LogP contribution is -2.52. The largest absolute Gasteiger partial charge is 0.324 e. The molecule has 3 aromatic carbocycles. The topological polar surface area (TPSA) is 26.0 Å². The van der Waals surface area contributed by atoms with Crippen LogP contribution in [0.5, 0.6) is 0 Å². The van der Waals surface area contributed by atoms with Gasteiger partial charge < -0.3 is 5.73 Å². The summed E-state index contributed by atoms with van der Waals surface area (Å²) >= 11 is 0. The summed E-state index contributed by atoms with van der Waals surface area (Å²) in [4.78, 5) is 0. The van der Waals surface area contributed by atoms with Crippen molar-refractivity contribution in [3.8, 4) is 0 Å². The van der Waals surface area contributed by atoms with Gasteiger partial charge in [-0.05, 0) is 48.3 Å². The van der Waals surface area contributed by atoms with E-state index in [-0.39, 0.29) is 29.5 Å². The number of nitrogens with two attached hydrogens (primary N) is 1. The third-order valence-corrected chi connectivity index (χ3v) is 6.30. The highest BCUT2D eigenvalue weighted by atomic mass is 127. The summed E-state index contributed by atoms with van der Waals surface area (Å²) < 4.78 is 0. The minimum Gasteiger partial charge on any atom is -0.324 e. The van der Waals surface area contributed by atoms with Gasteiger partial charge in [0.1, 0.15) is 0 Å². The minimum absolute atomic E-state index is 0. The molecule has 2 heteroatoms. The maximum Gasteiger partial charge on any atom is 0.0267 e. The predicted molar refractivity (Wildman–Crippen MR) is 145 cm³/mol. The van der Waals surface area contributed by atoms with Crippen molar-refractivity contribution in [3.63, 3.8) is 0 Å². The van der Waals surface area contributed by atoms with Gasteiger partial charge in [0.15, 0.2) is 0 Å². The third-order valence-electron chi connectivity index (χ3n) is 6.30. The van der Waals surface area contributed by atoms with Crippen molar-refractivity contribution in [2.24, 2.45) is 11.7 Å².